The van der Waals surface area contributed by atoms with Crippen molar-refractivity contribution in [2.24, 2.45) is 0 Å². The van der Waals surface area contributed by atoms with Crippen molar-refractivity contribution in [2.75, 3.05) is 7.05 Å². The third-order valence-electron chi connectivity index (χ3n) is 2.73. The molecule has 0 bridgehead atoms. The highest BCUT2D eigenvalue weighted by Gasteiger charge is 2.15. The minimum absolute atomic E-state index is 0.275. The molecular weight excluding hydrogens is 353 g/mol. The van der Waals surface area contributed by atoms with Gasteiger partial charge in [-0.25, -0.2) is 0 Å². The van der Waals surface area contributed by atoms with Crippen LogP contribution in [-0.2, 0) is 6.42 Å². The Hall–Kier alpha value is -0.0600. The van der Waals surface area contributed by atoms with Crippen LogP contribution in [0.4, 0.5) is 0 Å². The Morgan fingerprint density at radius 1 is 1.28 bits per heavy atom. The van der Waals surface area contributed by atoms with Gasteiger partial charge in [-0.2, -0.15) is 0 Å². The van der Waals surface area contributed by atoms with Gasteiger partial charge in [-0.15, -0.1) is 11.3 Å². The van der Waals surface area contributed by atoms with E-state index in [1.54, 1.807) is 11.3 Å². The highest BCUT2D eigenvalue weighted by atomic mass is 79.9. The summed E-state index contributed by atoms with van der Waals surface area (Å²) < 4.78 is 1.15. The fourth-order valence-corrected chi connectivity index (χ4v) is 3.86. The Bertz CT molecular complexity index is 542. The van der Waals surface area contributed by atoms with Crippen LogP contribution in [0.3, 0.4) is 0 Å². The van der Waals surface area contributed by atoms with Gasteiger partial charge < -0.3 is 5.32 Å². The lowest BCUT2D eigenvalue weighted by atomic mass is 10.0. The number of hydrogen-bond donors (Lipinski definition) is 1. The second-order valence-corrected chi connectivity index (χ2v) is 6.54. The molecule has 0 aliphatic carbocycles. The quantitative estimate of drug-likeness (QED) is 0.773. The van der Waals surface area contributed by atoms with E-state index in [9.17, 15) is 0 Å². The average molecular weight is 365 g/mol. The molecule has 0 saturated heterocycles. The second-order valence-electron chi connectivity index (χ2n) is 3.93. The van der Waals surface area contributed by atoms with Gasteiger partial charge in [-0.05, 0) is 58.5 Å². The predicted molar refractivity (Wildman–Crippen MR) is 84.0 cm³/mol. The van der Waals surface area contributed by atoms with Crippen molar-refractivity contribution in [2.45, 2.75) is 12.5 Å². The smallest absolute Gasteiger partial charge is 0.0595 e. The van der Waals surface area contributed by atoms with E-state index < -0.39 is 0 Å². The molecule has 2 aromatic rings. The monoisotopic (exact) mass is 363 g/mol. The van der Waals surface area contributed by atoms with Gasteiger partial charge in [0.15, 0.2) is 0 Å². The fraction of sp³-hybridized carbons (Fsp3) is 0.231. The van der Waals surface area contributed by atoms with Crippen LogP contribution in [0, 0.1) is 0 Å². The molecule has 1 aromatic carbocycles. The molecule has 1 nitrogen and oxygen atoms in total. The molecule has 1 unspecified atom stereocenters. The summed E-state index contributed by atoms with van der Waals surface area (Å²) in [5, 5.41) is 6.62. The first-order valence-corrected chi connectivity index (χ1v) is 7.88. The molecule has 0 aliphatic heterocycles. The number of likely N-dealkylation sites (N-methyl/N-ethyl adjacent to an activating group) is 1. The SMILES string of the molecule is CNC(Cc1ccc(Cl)c(Cl)c1)c1sccc1Br. The van der Waals surface area contributed by atoms with Crippen LogP contribution in [0.5, 0.6) is 0 Å². The molecule has 0 spiro atoms. The summed E-state index contributed by atoms with van der Waals surface area (Å²) in [4.78, 5) is 1.29. The lowest BCUT2D eigenvalue weighted by Gasteiger charge is -2.16. The van der Waals surface area contributed by atoms with Crippen molar-refractivity contribution in [1.82, 2.24) is 5.32 Å². The molecule has 1 heterocycles. The molecule has 96 valence electrons. The molecule has 0 fully saturated rings. The van der Waals surface area contributed by atoms with Crippen molar-refractivity contribution < 1.29 is 0 Å². The standard InChI is InChI=1S/C13H12BrCl2NS/c1-17-12(13-9(14)4-5-18-13)7-8-2-3-10(15)11(16)6-8/h2-6,12,17H,7H2,1H3. The summed E-state index contributed by atoms with van der Waals surface area (Å²) in [7, 11) is 1.97. The van der Waals surface area contributed by atoms with Crippen LogP contribution in [0.25, 0.3) is 0 Å². The van der Waals surface area contributed by atoms with Crippen LogP contribution in [0.1, 0.15) is 16.5 Å². The summed E-state index contributed by atoms with van der Waals surface area (Å²) in [5.74, 6) is 0. The minimum Gasteiger partial charge on any atom is -0.312 e. The van der Waals surface area contributed by atoms with Gasteiger partial charge in [0, 0.05) is 15.4 Å². The molecule has 0 saturated carbocycles. The van der Waals surface area contributed by atoms with Crippen molar-refractivity contribution in [1.29, 1.82) is 0 Å². The summed E-state index contributed by atoms with van der Waals surface area (Å²) in [6.07, 6.45) is 0.881. The van der Waals surface area contributed by atoms with Gasteiger partial charge in [-0.1, -0.05) is 29.3 Å². The maximum absolute atomic E-state index is 6.04. The largest absolute Gasteiger partial charge is 0.312 e. The summed E-state index contributed by atoms with van der Waals surface area (Å²) in [6, 6.07) is 8.13. The van der Waals surface area contributed by atoms with Gasteiger partial charge in [0.1, 0.15) is 0 Å². The van der Waals surface area contributed by atoms with E-state index in [0.29, 0.717) is 10.0 Å². The molecule has 1 atom stereocenters. The molecule has 2 rings (SSSR count). The number of nitrogens with one attached hydrogen (secondary N) is 1. The minimum atomic E-state index is 0.275. The van der Waals surface area contributed by atoms with E-state index in [4.69, 9.17) is 23.2 Å². The highest BCUT2D eigenvalue weighted by molar-refractivity contribution is 9.10. The van der Waals surface area contributed by atoms with Crippen molar-refractivity contribution in [3.8, 4) is 0 Å². The van der Waals surface area contributed by atoms with E-state index in [-0.39, 0.29) is 6.04 Å². The fourth-order valence-electron chi connectivity index (χ4n) is 1.78. The van der Waals surface area contributed by atoms with Crippen molar-refractivity contribution in [3.05, 3.63) is 54.6 Å². The van der Waals surface area contributed by atoms with Gasteiger partial charge >= 0.3 is 0 Å². The number of hydrogen-bond acceptors (Lipinski definition) is 2. The topological polar surface area (TPSA) is 12.0 Å². The maximum Gasteiger partial charge on any atom is 0.0595 e. The van der Waals surface area contributed by atoms with Gasteiger partial charge in [0.2, 0.25) is 0 Å². The Balaban J connectivity index is 2.20. The Labute approximate surface area is 129 Å². The van der Waals surface area contributed by atoms with Crippen LogP contribution in [0.2, 0.25) is 10.0 Å². The van der Waals surface area contributed by atoms with E-state index in [0.717, 1.165) is 10.9 Å². The third kappa shape index (κ3) is 3.28. The molecule has 18 heavy (non-hydrogen) atoms. The first kappa shape index (κ1) is 14.4. The Morgan fingerprint density at radius 3 is 2.61 bits per heavy atom. The number of rotatable bonds is 4. The zero-order chi connectivity index (χ0) is 13.1. The maximum atomic E-state index is 6.04. The highest BCUT2D eigenvalue weighted by Crippen LogP contribution is 2.32. The predicted octanol–water partition coefficient (Wildman–Crippen LogP) is 5.32. The normalized spacial score (nSPS) is 12.7. The number of halogens is 3. The van der Waals surface area contributed by atoms with E-state index in [2.05, 4.69) is 32.7 Å². The van der Waals surface area contributed by atoms with Crippen molar-refractivity contribution >= 4 is 50.5 Å². The Kier molecular flexibility index (Phi) is 5.10. The zero-order valence-electron chi connectivity index (χ0n) is 9.71. The Morgan fingerprint density at radius 2 is 2.06 bits per heavy atom. The van der Waals surface area contributed by atoms with E-state index in [1.807, 2.05) is 25.2 Å². The summed E-state index contributed by atoms with van der Waals surface area (Å²) in [6.45, 7) is 0. The first-order valence-electron chi connectivity index (χ1n) is 5.46. The molecule has 1 aromatic heterocycles. The number of benzene rings is 1. The van der Waals surface area contributed by atoms with E-state index in [1.165, 1.54) is 10.4 Å². The summed E-state index contributed by atoms with van der Waals surface area (Å²) in [5.41, 5.74) is 1.17. The van der Waals surface area contributed by atoms with Crippen LogP contribution in [-0.4, -0.2) is 7.05 Å². The van der Waals surface area contributed by atoms with Gasteiger partial charge in [0.05, 0.1) is 10.0 Å². The van der Waals surface area contributed by atoms with Crippen LogP contribution >= 0.6 is 50.5 Å². The summed E-state index contributed by atoms with van der Waals surface area (Å²) >= 11 is 17.3. The third-order valence-corrected chi connectivity index (χ3v) is 5.46. The average Bonchev–Trinajstić information content (AvgIpc) is 2.77. The number of thiophene rings is 1. The zero-order valence-corrected chi connectivity index (χ0v) is 13.6. The van der Waals surface area contributed by atoms with Gasteiger partial charge in [0.25, 0.3) is 0 Å². The molecule has 0 amide bonds. The lowest BCUT2D eigenvalue weighted by Crippen LogP contribution is -2.18. The second kappa shape index (κ2) is 6.40. The molecular formula is C13H12BrCl2NS. The molecule has 5 heteroatoms. The molecule has 0 radical (unpaired) electrons. The lowest BCUT2D eigenvalue weighted by molar-refractivity contribution is 0.600. The first-order chi connectivity index (χ1) is 8.61. The van der Waals surface area contributed by atoms with Crippen molar-refractivity contribution in [3.63, 3.8) is 0 Å². The van der Waals surface area contributed by atoms with E-state index >= 15 is 0 Å². The van der Waals surface area contributed by atoms with Gasteiger partial charge in [-0.3, -0.25) is 0 Å². The van der Waals surface area contributed by atoms with Crippen LogP contribution < -0.4 is 5.32 Å². The van der Waals surface area contributed by atoms with Crippen LogP contribution in [0.15, 0.2) is 34.1 Å². The molecule has 1 N–H and O–H groups in total. The molecule has 0 aliphatic rings.